The molecule has 1 aromatic rings. The molecule has 0 bridgehead atoms. The molecule has 86 valence electrons. The van der Waals surface area contributed by atoms with Crippen molar-refractivity contribution in [3.63, 3.8) is 0 Å². The molecule has 1 aromatic carbocycles. The zero-order chi connectivity index (χ0) is 12.3. The Kier molecular flexibility index (Phi) is 4.00. The minimum atomic E-state index is -0.998. The molecule has 0 saturated heterocycles. The maximum Gasteiger partial charge on any atom is 0.307 e. The molecule has 0 aromatic heterocycles. The third kappa shape index (κ3) is 2.79. The number of nitrogens with zero attached hydrogens (tertiary/aromatic N) is 1. The van der Waals surface area contributed by atoms with Crippen molar-refractivity contribution in [3.8, 4) is 0 Å². The molecule has 1 rings (SSSR count). The first-order valence-corrected chi connectivity index (χ1v) is 5.62. The van der Waals surface area contributed by atoms with Crippen molar-refractivity contribution >= 4 is 27.6 Å². The molecule has 0 unspecified atom stereocenters. The Bertz CT molecular complexity index is 445. The second-order valence-corrected chi connectivity index (χ2v) is 3.94. The first-order chi connectivity index (χ1) is 7.45. The monoisotopic (exact) mass is 287 g/mol. The SMILES string of the molecule is Cc1cc(CC(=O)O)c(CBr)c([N+](=O)[O-])c1. The van der Waals surface area contributed by atoms with E-state index in [1.807, 2.05) is 0 Å². The molecule has 0 amide bonds. The van der Waals surface area contributed by atoms with E-state index in [0.717, 1.165) is 0 Å². The Morgan fingerprint density at radius 1 is 1.56 bits per heavy atom. The van der Waals surface area contributed by atoms with Crippen LogP contribution in [0, 0.1) is 17.0 Å². The fourth-order valence-electron chi connectivity index (χ4n) is 1.51. The quantitative estimate of drug-likeness (QED) is 0.524. The molecule has 0 saturated carbocycles. The molecule has 0 radical (unpaired) electrons. The number of carbonyl (C=O) groups is 1. The van der Waals surface area contributed by atoms with Crippen LogP contribution in [0.4, 0.5) is 5.69 Å². The number of rotatable bonds is 4. The van der Waals surface area contributed by atoms with Gasteiger partial charge in [0.2, 0.25) is 0 Å². The third-order valence-corrected chi connectivity index (χ3v) is 2.70. The smallest absolute Gasteiger partial charge is 0.307 e. The maximum absolute atomic E-state index is 10.8. The molecular formula is C10H10BrNO4. The molecule has 0 atom stereocenters. The highest BCUT2D eigenvalue weighted by Crippen LogP contribution is 2.27. The second-order valence-electron chi connectivity index (χ2n) is 3.38. The topological polar surface area (TPSA) is 80.4 Å². The zero-order valence-corrected chi connectivity index (χ0v) is 10.2. The van der Waals surface area contributed by atoms with E-state index in [2.05, 4.69) is 15.9 Å². The van der Waals surface area contributed by atoms with Crippen LogP contribution in [0.25, 0.3) is 0 Å². The molecule has 0 aliphatic carbocycles. The van der Waals surface area contributed by atoms with Gasteiger partial charge in [0.15, 0.2) is 0 Å². The van der Waals surface area contributed by atoms with Crippen molar-refractivity contribution in [1.82, 2.24) is 0 Å². The van der Waals surface area contributed by atoms with Gasteiger partial charge in [-0.15, -0.1) is 0 Å². The predicted octanol–water partition coefficient (Wildman–Crippen LogP) is 2.43. The average Bonchev–Trinajstić information content (AvgIpc) is 2.15. The molecule has 1 N–H and O–H groups in total. The molecule has 0 heterocycles. The summed E-state index contributed by atoms with van der Waals surface area (Å²) >= 11 is 3.14. The normalized spacial score (nSPS) is 10.1. The first-order valence-electron chi connectivity index (χ1n) is 4.50. The molecule has 0 spiro atoms. The summed E-state index contributed by atoms with van der Waals surface area (Å²) < 4.78 is 0. The van der Waals surface area contributed by atoms with Gasteiger partial charge in [0.1, 0.15) is 0 Å². The Hall–Kier alpha value is -1.43. The van der Waals surface area contributed by atoms with Gasteiger partial charge in [-0.1, -0.05) is 22.0 Å². The number of nitro benzene ring substituents is 1. The summed E-state index contributed by atoms with van der Waals surface area (Å²) in [6, 6.07) is 3.11. The van der Waals surface area contributed by atoms with E-state index in [4.69, 9.17) is 5.11 Å². The fourth-order valence-corrected chi connectivity index (χ4v) is 2.16. The molecule has 0 fully saturated rings. The van der Waals surface area contributed by atoms with Gasteiger partial charge in [0.05, 0.1) is 11.3 Å². The zero-order valence-electron chi connectivity index (χ0n) is 8.57. The highest BCUT2D eigenvalue weighted by molar-refractivity contribution is 9.08. The van der Waals surface area contributed by atoms with Crippen molar-refractivity contribution < 1.29 is 14.8 Å². The van der Waals surface area contributed by atoms with Crippen LogP contribution in [-0.4, -0.2) is 16.0 Å². The summed E-state index contributed by atoms with van der Waals surface area (Å²) in [6.07, 6.45) is -0.205. The van der Waals surface area contributed by atoms with E-state index in [1.165, 1.54) is 6.07 Å². The van der Waals surface area contributed by atoms with E-state index < -0.39 is 10.9 Å². The Morgan fingerprint density at radius 2 is 2.19 bits per heavy atom. The Morgan fingerprint density at radius 3 is 2.62 bits per heavy atom. The Balaban J connectivity index is 3.35. The number of aliphatic carboxylic acids is 1. The molecular weight excluding hydrogens is 278 g/mol. The van der Waals surface area contributed by atoms with Gasteiger partial charge in [-0.05, 0) is 18.1 Å². The van der Waals surface area contributed by atoms with Crippen molar-refractivity contribution in [1.29, 1.82) is 0 Å². The lowest BCUT2D eigenvalue weighted by molar-refractivity contribution is -0.385. The molecule has 0 aliphatic rings. The Labute approximate surface area is 100 Å². The number of carboxylic acids is 1. The maximum atomic E-state index is 10.8. The first kappa shape index (κ1) is 12.6. The summed E-state index contributed by atoms with van der Waals surface area (Å²) in [5.74, 6) is -0.998. The van der Waals surface area contributed by atoms with E-state index in [0.29, 0.717) is 16.7 Å². The van der Waals surface area contributed by atoms with Crippen LogP contribution in [0.1, 0.15) is 16.7 Å². The van der Waals surface area contributed by atoms with Gasteiger partial charge < -0.3 is 5.11 Å². The molecule has 0 aliphatic heterocycles. The van der Waals surface area contributed by atoms with E-state index in [9.17, 15) is 14.9 Å². The lowest BCUT2D eigenvalue weighted by Crippen LogP contribution is -2.06. The van der Waals surface area contributed by atoms with Crippen LogP contribution in [0.15, 0.2) is 12.1 Å². The summed E-state index contributed by atoms with van der Waals surface area (Å²) in [5.41, 5.74) is 1.56. The summed E-state index contributed by atoms with van der Waals surface area (Å²) in [6.45, 7) is 1.70. The number of benzene rings is 1. The fraction of sp³-hybridized carbons (Fsp3) is 0.300. The van der Waals surface area contributed by atoms with Crippen LogP contribution < -0.4 is 0 Å². The van der Waals surface area contributed by atoms with Crippen LogP contribution in [-0.2, 0) is 16.5 Å². The summed E-state index contributed by atoms with van der Waals surface area (Å²) in [7, 11) is 0. The molecule has 6 heteroatoms. The van der Waals surface area contributed by atoms with Crippen LogP contribution >= 0.6 is 15.9 Å². The second kappa shape index (κ2) is 5.07. The van der Waals surface area contributed by atoms with Gasteiger partial charge in [-0.25, -0.2) is 0 Å². The van der Waals surface area contributed by atoms with Gasteiger partial charge in [0, 0.05) is 17.0 Å². The molecule has 5 nitrogen and oxygen atoms in total. The lowest BCUT2D eigenvalue weighted by atomic mass is 10.0. The van der Waals surface area contributed by atoms with Crippen molar-refractivity contribution in [2.45, 2.75) is 18.7 Å². The van der Waals surface area contributed by atoms with Gasteiger partial charge in [-0.3, -0.25) is 14.9 Å². The van der Waals surface area contributed by atoms with Crippen LogP contribution in [0.3, 0.4) is 0 Å². The average molecular weight is 288 g/mol. The van der Waals surface area contributed by atoms with Gasteiger partial charge in [-0.2, -0.15) is 0 Å². The van der Waals surface area contributed by atoms with Crippen molar-refractivity contribution in [2.75, 3.05) is 0 Å². The minimum Gasteiger partial charge on any atom is -0.481 e. The van der Waals surface area contributed by atoms with Gasteiger partial charge in [0.25, 0.3) is 5.69 Å². The highest BCUT2D eigenvalue weighted by Gasteiger charge is 2.18. The third-order valence-electron chi connectivity index (χ3n) is 2.14. The summed E-state index contributed by atoms with van der Waals surface area (Å²) in [5, 5.41) is 19.8. The summed E-state index contributed by atoms with van der Waals surface area (Å²) in [4.78, 5) is 21.0. The van der Waals surface area contributed by atoms with Crippen LogP contribution in [0.2, 0.25) is 0 Å². The molecule has 16 heavy (non-hydrogen) atoms. The number of alkyl halides is 1. The number of aryl methyl sites for hydroxylation is 1. The van der Waals surface area contributed by atoms with Crippen LogP contribution in [0.5, 0.6) is 0 Å². The predicted molar refractivity (Wildman–Crippen MR) is 61.8 cm³/mol. The number of carboxylic acid groups (broad SMARTS) is 1. The number of nitro groups is 1. The van der Waals surface area contributed by atoms with Crippen molar-refractivity contribution in [3.05, 3.63) is 38.9 Å². The minimum absolute atomic E-state index is 0.0341. The van der Waals surface area contributed by atoms with Crippen molar-refractivity contribution in [2.24, 2.45) is 0 Å². The number of halogens is 1. The number of hydrogen-bond acceptors (Lipinski definition) is 3. The largest absolute Gasteiger partial charge is 0.481 e. The van der Waals surface area contributed by atoms with E-state index in [1.54, 1.807) is 13.0 Å². The van der Waals surface area contributed by atoms with Gasteiger partial charge >= 0.3 is 5.97 Å². The standard InChI is InChI=1S/C10H10BrNO4/c1-6-2-7(4-10(13)14)8(5-11)9(3-6)12(15)16/h2-3H,4-5H2,1H3,(H,13,14). The highest BCUT2D eigenvalue weighted by atomic mass is 79.9. The van der Waals surface area contributed by atoms with E-state index in [-0.39, 0.29) is 17.4 Å². The number of hydrogen-bond donors (Lipinski definition) is 1. The van der Waals surface area contributed by atoms with E-state index >= 15 is 0 Å². The lowest BCUT2D eigenvalue weighted by Gasteiger charge is -2.07.